The number of carbonyl (C=O) groups is 1. The lowest BCUT2D eigenvalue weighted by Crippen LogP contribution is -2.54. The number of hydrogen-bond donors (Lipinski definition) is 4. The predicted molar refractivity (Wildman–Crippen MR) is 94.1 cm³/mol. The number of pyridine rings is 2. The van der Waals surface area contributed by atoms with Crippen molar-refractivity contribution in [3.05, 3.63) is 33.9 Å². The molecule has 1 fully saturated rings. The van der Waals surface area contributed by atoms with Crippen molar-refractivity contribution in [2.24, 2.45) is 0 Å². The van der Waals surface area contributed by atoms with Gasteiger partial charge in [0.15, 0.2) is 11.6 Å². The molecule has 0 unspecified atom stereocenters. The minimum atomic E-state index is -4.75. The fourth-order valence-corrected chi connectivity index (χ4v) is 2.87. The highest BCUT2D eigenvalue weighted by atomic mass is 19.4. The Labute approximate surface area is 161 Å². The number of nitrogens with zero attached hydrogens (tertiary/aromatic N) is 2. The molecule has 0 saturated carbocycles. The summed E-state index contributed by atoms with van der Waals surface area (Å²) in [4.78, 5) is 32.5. The van der Waals surface area contributed by atoms with E-state index in [2.05, 4.69) is 9.97 Å². The Kier molecular flexibility index (Phi) is 5.03. The molecule has 1 saturated heterocycles. The number of nitrogens with one attached hydrogen (secondary N) is 2. The van der Waals surface area contributed by atoms with Crippen molar-refractivity contribution >= 4 is 22.8 Å². The van der Waals surface area contributed by atoms with E-state index in [1.807, 2.05) is 0 Å². The molecule has 2 aromatic heterocycles. The number of H-pyrrole nitrogens is 1. The van der Waals surface area contributed by atoms with Crippen molar-refractivity contribution < 1.29 is 32.6 Å². The summed E-state index contributed by atoms with van der Waals surface area (Å²) in [6.07, 6.45) is -6.03. The molecule has 12 heteroatoms. The molecule has 8 nitrogen and oxygen atoms in total. The number of aliphatic hydroxyl groups excluding tert-OH is 2. The van der Waals surface area contributed by atoms with Crippen molar-refractivity contribution in [3.63, 3.8) is 0 Å². The Hall–Kier alpha value is -2.73. The first-order valence-electron chi connectivity index (χ1n) is 8.54. The number of amides is 1. The van der Waals surface area contributed by atoms with E-state index in [4.69, 9.17) is 0 Å². The summed E-state index contributed by atoms with van der Waals surface area (Å²) in [5, 5.41) is 20.6. The number of fused-ring (bicyclic) bond motifs is 1. The maximum atomic E-state index is 14.5. The Balaban J connectivity index is 1.98. The lowest BCUT2D eigenvalue weighted by molar-refractivity contribution is -0.182. The van der Waals surface area contributed by atoms with Crippen LogP contribution in [0.4, 0.5) is 23.4 Å². The Morgan fingerprint density at radius 3 is 2.41 bits per heavy atom. The number of aromatic nitrogens is 2. The van der Waals surface area contributed by atoms with Crippen LogP contribution in [0.1, 0.15) is 24.2 Å². The SMILES string of the molecule is CC(C)(NC(=O)c1c[nH]c2nc(N3C[C@@H](O)[C@H](O)C3)c(F)cc2c1=O)C(F)(F)F. The highest BCUT2D eigenvalue weighted by Crippen LogP contribution is 2.29. The highest BCUT2D eigenvalue weighted by Gasteiger charge is 2.48. The van der Waals surface area contributed by atoms with Gasteiger partial charge in [-0.3, -0.25) is 9.59 Å². The number of aliphatic hydroxyl groups is 2. The minimum Gasteiger partial charge on any atom is -0.389 e. The molecule has 0 radical (unpaired) electrons. The lowest BCUT2D eigenvalue weighted by Gasteiger charge is -2.28. The van der Waals surface area contributed by atoms with Gasteiger partial charge >= 0.3 is 6.18 Å². The van der Waals surface area contributed by atoms with Crippen LogP contribution in [-0.2, 0) is 0 Å². The molecule has 0 bridgehead atoms. The van der Waals surface area contributed by atoms with Gasteiger partial charge in [-0.05, 0) is 19.9 Å². The first-order chi connectivity index (χ1) is 13.3. The van der Waals surface area contributed by atoms with Gasteiger partial charge in [-0.2, -0.15) is 13.2 Å². The zero-order valence-electron chi connectivity index (χ0n) is 15.3. The maximum Gasteiger partial charge on any atom is 0.410 e. The fourth-order valence-electron chi connectivity index (χ4n) is 2.87. The van der Waals surface area contributed by atoms with E-state index in [9.17, 15) is 37.4 Å². The molecule has 2 aromatic rings. The van der Waals surface area contributed by atoms with Crippen molar-refractivity contribution in [3.8, 4) is 0 Å². The van der Waals surface area contributed by atoms with Gasteiger partial charge in [-0.25, -0.2) is 9.37 Å². The number of carbonyl (C=O) groups excluding carboxylic acids is 1. The largest absolute Gasteiger partial charge is 0.410 e. The number of aromatic amines is 1. The van der Waals surface area contributed by atoms with E-state index in [0.717, 1.165) is 26.1 Å². The molecule has 0 spiro atoms. The summed E-state index contributed by atoms with van der Waals surface area (Å²) in [5.41, 5.74) is -4.31. The second-order valence-electron chi connectivity index (χ2n) is 7.34. The van der Waals surface area contributed by atoms with Crippen LogP contribution in [0.15, 0.2) is 17.1 Å². The molecule has 29 heavy (non-hydrogen) atoms. The maximum absolute atomic E-state index is 14.5. The second-order valence-corrected chi connectivity index (χ2v) is 7.34. The van der Waals surface area contributed by atoms with Gasteiger partial charge in [0.1, 0.15) is 16.7 Å². The topological polar surface area (TPSA) is 119 Å². The zero-order chi connectivity index (χ0) is 21.7. The minimum absolute atomic E-state index is 0.0756. The number of alkyl halides is 3. The van der Waals surface area contributed by atoms with Crippen LogP contribution in [0.5, 0.6) is 0 Å². The third kappa shape index (κ3) is 3.77. The van der Waals surface area contributed by atoms with Gasteiger partial charge < -0.3 is 25.4 Å². The van der Waals surface area contributed by atoms with Crippen LogP contribution in [0.2, 0.25) is 0 Å². The Bertz CT molecular complexity index is 1010. The van der Waals surface area contributed by atoms with Crippen molar-refractivity contribution in [1.29, 1.82) is 0 Å². The first kappa shape index (κ1) is 21.0. The molecule has 158 valence electrons. The van der Waals surface area contributed by atoms with Gasteiger partial charge in [-0.1, -0.05) is 0 Å². The lowest BCUT2D eigenvalue weighted by atomic mass is 10.0. The average molecular weight is 418 g/mol. The van der Waals surface area contributed by atoms with Gasteiger partial charge in [0.25, 0.3) is 5.91 Å². The van der Waals surface area contributed by atoms with E-state index in [1.54, 1.807) is 5.32 Å². The average Bonchev–Trinajstić information content (AvgIpc) is 2.92. The third-order valence-electron chi connectivity index (χ3n) is 4.74. The van der Waals surface area contributed by atoms with E-state index >= 15 is 0 Å². The molecule has 1 aliphatic heterocycles. The van der Waals surface area contributed by atoms with Crippen LogP contribution in [0.3, 0.4) is 0 Å². The van der Waals surface area contributed by atoms with Gasteiger partial charge in [0, 0.05) is 19.3 Å². The standard InChI is InChI=1S/C17H18F4N4O4/c1-16(2,17(19,20)21)24-15(29)8-4-22-13-7(12(8)28)3-9(18)14(23-13)25-5-10(26)11(27)6-25/h3-4,10-11,26-27H,5-6H2,1-2H3,(H,24,29)(H,22,23,28)/t10-,11-/m1/s1. The summed E-state index contributed by atoms with van der Waals surface area (Å²) < 4.78 is 53.4. The van der Waals surface area contributed by atoms with Gasteiger partial charge in [0.05, 0.1) is 17.6 Å². The summed E-state index contributed by atoms with van der Waals surface area (Å²) >= 11 is 0. The molecule has 0 aromatic carbocycles. The Morgan fingerprint density at radius 1 is 1.28 bits per heavy atom. The second kappa shape index (κ2) is 6.95. The van der Waals surface area contributed by atoms with Crippen molar-refractivity contribution in [2.45, 2.75) is 37.8 Å². The van der Waals surface area contributed by atoms with E-state index in [0.29, 0.717) is 0 Å². The molecule has 2 atom stereocenters. The summed E-state index contributed by atoms with van der Waals surface area (Å²) in [5.74, 6) is -2.44. The van der Waals surface area contributed by atoms with Crippen LogP contribution in [0.25, 0.3) is 11.0 Å². The van der Waals surface area contributed by atoms with Crippen LogP contribution in [-0.4, -0.2) is 63.1 Å². The predicted octanol–water partition coefficient (Wildman–Crippen LogP) is 0.675. The molecular weight excluding hydrogens is 400 g/mol. The number of halogens is 4. The monoisotopic (exact) mass is 418 g/mol. The smallest absolute Gasteiger partial charge is 0.389 e. The Morgan fingerprint density at radius 2 is 1.86 bits per heavy atom. The number of hydrogen-bond acceptors (Lipinski definition) is 6. The molecule has 0 aliphatic carbocycles. The van der Waals surface area contributed by atoms with Gasteiger partial charge in [-0.15, -0.1) is 0 Å². The molecule has 3 heterocycles. The summed E-state index contributed by atoms with van der Waals surface area (Å²) in [6.45, 7) is 1.33. The molecule has 1 aliphatic rings. The zero-order valence-corrected chi connectivity index (χ0v) is 15.3. The van der Waals surface area contributed by atoms with Crippen LogP contribution >= 0.6 is 0 Å². The third-order valence-corrected chi connectivity index (χ3v) is 4.74. The normalized spacial score (nSPS) is 20.3. The number of anilines is 1. The van der Waals surface area contributed by atoms with Crippen LogP contribution in [0, 0.1) is 5.82 Å². The number of rotatable bonds is 3. The number of β-amino-alcohol motifs (C(OH)–C–C–N with tert-alkyl or cyclic N) is 2. The van der Waals surface area contributed by atoms with Crippen LogP contribution < -0.4 is 15.6 Å². The molecule has 4 N–H and O–H groups in total. The molecule has 3 rings (SSSR count). The van der Waals surface area contributed by atoms with E-state index < -0.39 is 46.6 Å². The summed E-state index contributed by atoms with van der Waals surface area (Å²) in [6, 6.07) is 0.805. The van der Waals surface area contributed by atoms with E-state index in [-0.39, 0.29) is 29.9 Å². The molecule has 1 amide bonds. The highest BCUT2D eigenvalue weighted by molar-refractivity contribution is 5.97. The quantitative estimate of drug-likeness (QED) is 0.545. The van der Waals surface area contributed by atoms with Crippen molar-refractivity contribution in [1.82, 2.24) is 15.3 Å². The molecular formula is C17H18F4N4O4. The summed E-state index contributed by atoms with van der Waals surface area (Å²) in [7, 11) is 0. The van der Waals surface area contributed by atoms with Crippen molar-refractivity contribution in [2.75, 3.05) is 18.0 Å². The fraction of sp³-hybridized carbons (Fsp3) is 0.471. The first-order valence-corrected chi connectivity index (χ1v) is 8.54. The van der Waals surface area contributed by atoms with E-state index in [1.165, 1.54) is 4.90 Å². The van der Waals surface area contributed by atoms with Gasteiger partial charge in [0.2, 0.25) is 5.43 Å².